The van der Waals surface area contributed by atoms with Crippen molar-refractivity contribution in [1.82, 2.24) is 5.32 Å². The van der Waals surface area contributed by atoms with Crippen molar-refractivity contribution in [2.24, 2.45) is 5.92 Å². The molecule has 122 valence electrons. The average molecular weight is 442 g/mol. The van der Waals surface area contributed by atoms with E-state index in [1.165, 1.54) is 12.5 Å². The van der Waals surface area contributed by atoms with Crippen LogP contribution in [0.1, 0.15) is 38.2 Å². The van der Waals surface area contributed by atoms with Gasteiger partial charge in [0.2, 0.25) is 0 Å². The van der Waals surface area contributed by atoms with Crippen LogP contribution >= 0.6 is 31.9 Å². The van der Waals surface area contributed by atoms with Crippen molar-refractivity contribution in [1.29, 1.82) is 5.26 Å². The number of hydrogen-bond acceptors (Lipinski definition) is 3. The maximum absolute atomic E-state index is 12.4. The minimum absolute atomic E-state index is 0.0623. The fourth-order valence-electron chi connectivity index (χ4n) is 2.76. The van der Waals surface area contributed by atoms with Gasteiger partial charge in [0.05, 0.1) is 8.95 Å². The Bertz CT molecular complexity index is 657. The van der Waals surface area contributed by atoms with E-state index < -0.39 is 0 Å². The van der Waals surface area contributed by atoms with Crippen molar-refractivity contribution in [3.63, 3.8) is 0 Å². The van der Waals surface area contributed by atoms with Crippen LogP contribution in [0.25, 0.3) is 6.08 Å². The molecule has 0 aliphatic heterocycles. The Balaban J connectivity index is 2.18. The Labute approximate surface area is 152 Å². The lowest BCUT2D eigenvalue weighted by atomic mass is 9.86. The number of carbonyl (C=O) groups excluding carboxylic acids is 1. The molecule has 2 N–H and O–H groups in total. The first-order valence-corrected chi connectivity index (χ1v) is 9.11. The van der Waals surface area contributed by atoms with Crippen LogP contribution in [-0.4, -0.2) is 17.1 Å². The zero-order valence-electron chi connectivity index (χ0n) is 12.8. The summed E-state index contributed by atoms with van der Waals surface area (Å²) in [6.45, 7) is 2.13. The highest BCUT2D eigenvalue weighted by Crippen LogP contribution is 2.34. The van der Waals surface area contributed by atoms with Crippen molar-refractivity contribution in [2.75, 3.05) is 0 Å². The molecule has 1 aliphatic rings. The van der Waals surface area contributed by atoms with Gasteiger partial charge in [0, 0.05) is 6.04 Å². The van der Waals surface area contributed by atoms with Crippen molar-refractivity contribution in [3.05, 3.63) is 32.2 Å². The van der Waals surface area contributed by atoms with Gasteiger partial charge in [-0.3, -0.25) is 4.79 Å². The number of nitrogens with zero attached hydrogens (tertiary/aromatic N) is 1. The minimum Gasteiger partial charge on any atom is -0.506 e. The van der Waals surface area contributed by atoms with Gasteiger partial charge in [0.25, 0.3) is 5.91 Å². The summed E-state index contributed by atoms with van der Waals surface area (Å²) in [5.74, 6) is 0.178. The lowest BCUT2D eigenvalue weighted by molar-refractivity contribution is -0.118. The highest BCUT2D eigenvalue weighted by Gasteiger charge is 2.24. The highest BCUT2D eigenvalue weighted by atomic mass is 79.9. The molecule has 0 aromatic heterocycles. The fourth-order valence-corrected chi connectivity index (χ4v) is 3.98. The summed E-state index contributed by atoms with van der Waals surface area (Å²) in [7, 11) is 0. The summed E-state index contributed by atoms with van der Waals surface area (Å²) in [6.07, 6.45) is 5.90. The number of halogens is 2. The number of carbonyl (C=O) groups is 1. The second-order valence-corrected chi connectivity index (χ2v) is 7.55. The Kier molecular flexibility index (Phi) is 6.25. The van der Waals surface area contributed by atoms with Crippen molar-refractivity contribution < 1.29 is 9.90 Å². The van der Waals surface area contributed by atoms with Gasteiger partial charge in [-0.25, -0.2) is 0 Å². The molecule has 4 nitrogen and oxygen atoms in total. The van der Waals surface area contributed by atoms with E-state index in [1.54, 1.807) is 12.1 Å². The second-order valence-electron chi connectivity index (χ2n) is 5.84. The van der Waals surface area contributed by atoms with Crippen LogP contribution in [-0.2, 0) is 4.79 Å². The summed E-state index contributed by atoms with van der Waals surface area (Å²) in [5, 5.41) is 22.0. The third-order valence-electron chi connectivity index (χ3n) is 4.14. The molecule has 0 spiro atoms. The number of rotatable bonds is 3. The van der Waals surface area contributed by atoms with Crippen molar-refractivity contribution >= 4 is 43.8 Å². The predicted molar refractivity (Wildman–Crippen MR) is 96.7 cm³/mol. The lowest BCUT2D eigenvalue weighted by Gasteiger charge is -2.29. The zero-order chi connectivity index (χ0) is 17.0. The van der Waals surface area contributed by atoms with Gasteiger partial charge >= 0.3 is 0 Å². The molecule has 0 radical (unpaired) electrons. The van der Waals surface area contributed by atoms with Crippen LogP contribution in [0.3, 0.4) is 0 Å². The Morgan fingerprint density at radius 1 is 1.35 bits per heavy atom. The molecule has 0 saturated heterocycles. The zero-order valence-corrected chi connectivity index (χ0v) is 15.9. The van der Waals surface area contributed by atoms with Crippen molar-refractivity contribution in [3.8, 4) is 11.8 Å². The number of aromatic hydroxyl groups is 1. The van der Waals surface area contributed by atoms with E-state index in [2.05, 4.69) is 44.1 Å². The Hall–Kier alpha value is -1.32. The molecular formula is C17H18Br2N2O2. The first-order chi connectivity index (χ1) is 10.9. The number of amides is 1. The molecule has 1 aromatic rings. The molecule has 6 heteroatoms. The van der Waals surface area contributed by atoms with Crippen LogP contribution in [0.5, 0.6) is 5.75 Å². The van der Waals surface area contributed by atoms with Gasteiger partial charge in [-0.15, -0.1) is 0 Å². The minimum atomic E-state index is -0.341. The van der Waals surface area contributed by atoms with E-state index in [0.717, 1.165) is 19.3 Å². The third-order valence-corrected chi connectivity index (χ3v) is 5.35. The number of hydrogen-bond donors (Lipinski definition) is 2. The predicted octanol–water partition coefficient (Wildman–Crippen LogP) is 4.52. The van der Waals surface area contributed by atoms with Gasteiger partial charge in [0.15, 0.2) is 0 Å². The largest absolute Gasteiger partial charge is 0.506 e. The first kappa shape index (κ1) is 18.0. The summed E-state index contributed by atoms with van der Waals surface area (Å²) in [5.41, 5.74) is 0.720. The molecule has 1 saturated carbocycles. The maximum Gasteiger partial charge on any atom is 0.262 e. The molecule has 1 aromatic carbocycles. The second kappa shape index (κ2) is 7.98. The van der Waals surface area contributed by atoms with Gasteiger partial charge in [-0.1, -0.05) is 19.8 Å². The fraction of sp³-hybridized carbons (Fsp3) is 0.412. The maximum atomic E-state index is 12.4. The van der Waals surface area contributed by atoms with Crippen LogP contribution in [0.4, 0.5) is 0 Å². The first-order valence-electron chi connectivity index (χ1n) is 7.53. The normalized spacial score (nSPS) is 21.6. The molecule has 1 fully saturated rings. The van der Waals surface area contributed by atoms with Gasteiger partial charge < -0.3 is 10.4 Å². The number of phenolic OH excluding ortho intramolecular Hbond substituents is 1. The molecular weight excluding hydrogens is 424 g/mol. The topological polar surface area (TPSA) is 73.1 Å². The number of benzene rings is 1. The summed E-state index contributed by atoms with van der Waals surface area (Å²) in [4.78, 5) is 12.4. The van der Waals surface area contributed by atoms with Crippen LogP contribution < -0.4 is 5.32 Å². The molecule has 2 atom stereocenters. The van der Waals surface area contributed by atoms with E-state index in [1.807, 2.05) is 6.07 Å². The summed E-state index contributed by atoms with van der Waals surface area (Å²) >= 11 is 6.48. The lowest BCUT2D eigenvalue weighted by Crippen LogP contribution is -2.41. The molecule has 0 bridgehead atoms. The van der Waals surface area contributed by atoms with Crippen LogP contribution in [0, 0.1) is 17.2 Å². The van der Waals surface area contributed by atoms with E-state index >= 15 is 0 Å². The Morgan fingerprint density at radius 3 is 2.52 bits per heavy atom. The SMILES string of the molecule is C[C@@H]1CCCC[C@@H]1NC(=O)/C(C#N)=C/c1cc(Br)c(O)c(Br)c1. The quantitative estimate of drug-likeness (QED) is 0.534. The standard InChI is InChI=1S/C17H18Br2N2O2/c1-10-4-2-3-5-15(10)21-17(23)12(9-20)6-11-7-13(18)16(22)14(19)8-11/h6-8,10,15,22H,2-5H2,1H3,(H,21,23)/b12-6+/t10-,15+/m1/s1. The number of nitrogens with one attached hydrogen (secondary N) is 1. The van der Waals surface area contributed by atoms with Crippen LogP contribution in [0.2, 0.25) is 0 Å². The number of nitriles is 1. The van der Waals surface area contributed by atoms with E-state index in [9.17, 15) is 15.2 Å². The molecule has 23 heavy (non-hydrogen) atoms. The Morgan fingerprint density at radius 2 is 1.96 bits per heavy atom. The highest BCUT2D eigenvalue weighted by molar-refractivity contribution is 9.11. The van der Waals surface area contributed by atoms with E-state index in [-0.39, 0.29) is 23.3 Å². The van der Waals surface area contributed by atoms with E-state index in [4.69, 9.17) is 0 Å². The molecule has 1 amide bonds. The summed E-state index contributed by atoms with van der Waals surface area (Å²) < 4.78 is 0.994. The number of phenols is 1. The summed E-state index contributed by atoms with van der Waals surface area (Å²) in [6, 6.07) is 5.42. The molecule has 0 heterocycles. The molecule has 1 aliphatic carbocycles. The van der Waals surface area contributed by atoms with Crippen molar-refractivity contribution in [2.45, 2.75) is 38.6 Å². The van der Waals surface area contributed by atoms with E-state index in [0.29, 0.717) is 20.4 Å². The van der Waals surface area contributed by atoms with Gasteiger partial charge in [-0.05, 0) is 74.4 Å². The molecule has 2 rings (SSSR count). The van der Waals surface area contributed by atoms with Gasteiger partial charge in [-0.2, -0.15) is 5.26 Å². The molecule has 0 unspecified atom stereocenters. The average Bonchev–Trinajstić information content (AvgIpc) is 2.52. The van der Waals surface area contributed by atoms with Crippen LogP contribution in [0.15, 0.2) is 26.7 Å². The monoisotopic (exact) mass is 440 g/mol. The third kappa shape index (κ3) is 4.58. The van der Waals surface area contributed by atoms with Gasteiger partial charge in [0.1, 0.15) is 17.4 Å². The smallest absolute Gasteiger partial charge is 0.262 e.